The fourth-order valence-electron chi connectivity index (χ4n) is 3.06. The number of anilines is 1. The zero-order chi connectivity index (χ0) is 21.3. The third-order valence-corrected chi connectivity index (χ3v) is 6.16. The first-order valence-corrected chi connectivity index (χ1v) is 11.0. The normalized spacial score (nSPS) is 11.8. The lowest BCUT2D eigenvalue weighted by Crippen LogP contribution is -2.11. The molecule has 0 fully saturated rings. The third kappa shape index (κ3) is 3.97. The number of nitrogens with one attached hydrogen (secondary N) is 1. The van der Waals surface area contributed by atoms with Gasteiger partial charge in [0.15, 0.2) is 21.2 Å². The number of benzene rings is 1. The van der Waals surface area contributed by atoms with Gasteiger partial charge >= 0.3 is 0 Å². The number of aromatic nitrogens is 3. The number of hydrogen-bond acceptors (Lipinski definition) is 6. The molecule has 0 radical (unpaired) electrons. The van der Waals surface area contributed by atoms with Crippen LogP contribution in [0.3, 0.4) is 0 Å². The van der Waals surface area contributed by atoms with Crippen LogP contribution in [-0.4, -0.2) is 29.1 Å². The molecule has 0 spiro atoms. The molecule has 0 aliphatic carbocycles. The summed E-state index contributed by atoms with van der Waals surface area (Å²) < 4.78 is 32.2. The lowest BCUT2D eigenvalue weighted by atomic mass is 10.3. The highest BCUT2D eigenvalue weighted by Gasteiger charge is 2.19. The molecule has 0 saturated heterocycles. The predicted octanol–water partition coefficient (Wildman–Crippen LogP) is 3.83. The number of rotatable bonds is 6. The number of amides is 1. The van der Waals surface area contributed by atoms with Crippen molar-refractivity contribution >= 4 is 32.5 Å². The molecule has 3 aromatic heterocycles. The molecule has 1 amide bonds. The van der Waals surface area contributed by atoms with E-state index in [1.165, 1.54) is 24.3 Å². The van der Waals surface area contributed by atoms with Crippen LogP contribution >= 0.6 is 0 Å². The minimum atomic E-state index is -3.56. The summed E-state index contributed by atoms with van der Waals surface area (Å²) in [6, 6.07) is 13.0. The molecular weight excluding hydrogens is 404 g/mol. The smallest absolute Gasteiger partial charge is 0.291 e. The second-order valence-electron chi connectivity index (χ2n) is 7.11. The highest BCUT2D eigenvalue weighted by Crippen LogP contribution is 2.21. The van der Waals surface area contributed by atoms with Crippen molar-refractivity contribution in [3.05, 3.63) is 72.4 Å². The minimum Gasteiger partial charge on any atom is -0.455 e. The Kier molecular flexibility index (Phi) is 5.13. The number of carbonyl (C=O) groups is 1. The van der Waals surface area contributed by atoms with Crippen molar-refractivity contribution in [1.29, 1.82) is 0 Å². The summed E-state index contributed by atoms with van der Waals surface area (Å²) in [7, 11) is -3.56. The molecule has 8 nitrogen and oxygen atoms in total. The Labute approximate surface area is 173 Å². The highest BCUT2D eigenvalue weighted by molar-refractivity contribution is 7.90. The summed E-state index contributed by atoms with van der Waals surface area (Å²) in [5.41, 5.74) is 1.22. The van der Waals surface area contributed by atoms with Gasteiger partial charge in [-0.1, -0.05) is 18.2 Å². The summed E-state index contributed by atoms with van der Waals surface area (Å²) in [4.78, 5) is 17.1. The number of pyridine rings is 1. The standard InChI is InChI=1S/C21H20N4O4S/c1-14(2)25-20-15(11-23-25)10-16(12-22-20)24-21(26)19-9-8-17(29-19)13-30(27,28)18-6-4-3-5-7-18/h3-12,14H,13H2,1-2H3,(H,24,26). The summed E-state index contributed by atoms with van der Waals surface area (Å²) in [5, 5.41) is 7.82. The number of carbonyl (C=O) groups excluding carboxylic acids is 1. The SMILES string of the molecule is CC(C)n1ncc2cc(NC(=O)c3ccc(CS(=O)(=O)c4ccccc4)o3)cnc21. The van der Waals surface area contributed by atoms with Crippen LogP contribution in [0.25, 0.3) is 11.0 Å². The lowest BCUT2D eigenvalue weighted by Gasteiger charge is -2.07. The Morgan fingerprint density at radius 1 is 1.13 bits per heavy atom. The Morgan fingerprint density at radius 3 is 2.63 bits per heavy atom. The van der Waals surface area contributed by atoms with Crippen LogP contribution in [0.2, 0.25) is 0 Å². The van der Waals surface area contributed by atoms with Crippen LogP contribution in [-0.2, 0) is 15.6 Å². The van der Waals surface area contributed by atoms with E-state index < -0.39 is 15.7 Å². The summed E-state index contributed by atoms with van der Waals surface area (Å²) in [6.07, 6.45) is 3.24. The molecule has 1 N–H and O–H groups in total. The molecule has 0 aliphatic heterocycles. The molecular formula is C21H20N4O4S. The fourth-order valence-corrected chi connectivity index (χ4v) is 4.32. The molecule has 0 saturated carbocycles. The average Bonchev–Trinajstić information content (AvgIpc) is 3.35. The van der Waals surface area contributed by atoms with E-state index in [9.17, 15) is 13.2 Å². The monoisotopic (exact) mass is 424 g/mol. The van der Waals surface area contributed by atoms with Crippen LogP contribution < -0.4 is 5.32 Å². The number of furan rings is 1. The van der Waals surface area contributed by atoms with Crippen molar-refractivity contribution in [2.75, 3.05) is 5.32 Å². The summed E-state index contributed by atoms with van der Waals surface area (Å²) >= 11 is 0. The zero-order valence-electron chi connectivity index (χ0n) is 16.4. The van der Waals surface area contributed by atoms with Crippen LogP contribution in [0, 0.1) is 0 Å². The Balaban J connectivity index is 1.49. The molecule has 154 valence electrons. The average molecular weight is 424 g/mol. The first kappa shape index (κ1) is 19.8. The van der Waals surface area contributed by atoms with Crippen molar-refractivity contribution in [1.82, 2.24) is 14.8 Å². The van der Waals surface area contributed by atoms with Gasteiger partial charge < -0.3 is 9.73 Å². The van der Waals surface area contributed by atoms with E-state index in [4.69, 9.17) is 4.42 Å². The molecule has 3 heterocycles. The van der Waals surface area contributed by atoms with E-state index in [-0.39, 0.29) is 28.2 Å². The minimum absolute atomic E-state index is 0.0197. The topological polar surface area (TPSA) is 107 Å². The van der Waals surface area contributed by atoms with Crippen molar-refractivity contribution in [3.8, 4) is 0 Å². The van der Waals surface area contributed by atoms with Gasteiger partial charge in [0.1, 0.15) is 11.5 Å². The van der Waals surface area contributed by atoms with Gasteiger partial charge in [0.2, 0.25) is 0 Å². The maximum Gasteiger partial charge on any atom is 0.291 e. The number of nitrogens with zero attached hydrogens (tertiary/aromatic N) is 3. The van der Waals surface area contributed by atoms with Crippen molar-refractivity contribution in [3.63, 3.8) is 0 Å². The van der Waals surface area contributed by atoms with E-state index in [1.54, 1.807) is 41.3 Å². The largest absolute Gasteiger partial charge is 0.455 e. The van der Waals surface area contributed by atoms with Gasteiger partial charge in [0, 0.05) is 11.4 Å². The summed E-state index contributed by atoms with van der Waals surface area (Å²) in [6.45, 7) is 4.02. The number of sulfone groups is 1. The molecule has 30 heavy (non-hydrogen) atoms. The third-order valence-electron chi connectivity index (χ3n) is 4.50. The maximum absolute atomic E-state index is 12.5. The molecule has 9 heteroatoms. The number of hydrogen-bond donors (Lipinski definition) is 1. The van der Waals surface area contributed by atoms with Crippen molar-refractivity contribution in [2.45, 2.75) is 30.5 Å². The van der Waals surface area contributed by atoms with Crippen LogP contribution in [0.5, 0.6) is 0 Å². The molecule has 1 aromatic carbocycles. The van der Waals surface area contributed by atoms with E-state index in [0.29, 0.717) is 5.69 Å². The second-order valence-corrected chi connectivity index (χ2v) is 9.10. The number of fused-ring (bicyclic) bond motifs is 1. The highest BCUT2D eigenvalue weighted by atomic mass is 32.2. The van der Waals surface area contributed by atoms with Gasteiger partial charge in [0.05, 0.1) is 23.0 Å². The predicted molar refractivity (Wildman–Crippen MR) is 112 cm³/mol. The van der Waals surface area contributed by atoms with Gasteiger partial charge in [-0.25, -0.2) is 18.1 Å². The molecule has 0 atom stereocenters. The second kappa shape index (κ2) is 7.75. The first-order valence-electron chi connectivity index (χ1n) is 9.34. The van der Waals surface area contributed by atoms with Crippen LogP contribution in [0.15, 0.2) is 70.2 Å². The molecule has 4 rings (SSSR count). The van der Waals surface area contributed by atoms with Crippen molar-refractivity contribution in [2.24, 2.45) is 0 Å². The molecule has 0 aliphatic rings. The van der Waals surface area contributed by atoms with Gasteiger partial charge in [0.25, 0.3) is 5.91 Å². The van der Waals surface area contributed by atoms with E-state index in [0.717, 1.165) is 11.0 Å². The van der Waals surface area contributed by atoms with E-state index in [2.05, 4.69) is 15.4 Å². The van der Waals surface area contributed by atoms with Crippen LogP contribution in [0.4, 0.5) is 5.69 Å². The Morgan fingerprint density at radius 2 is 1.90 bits per heavy atom. The van der Waals surface area contributed by atoms with Crippen LogP contribution in [0.1, 0.15) is 36.2 Å². The summed E-state index contributed by atoms with van der Waals surface area (Å²) in [5.74, 6) is -0.607. The van der Waals surface area contributed by atoms with E-state index >= 15 is 0 Å². The lowest BCUT2D eigenvalue weighted by molar-refractivity contribution is 0.0995. The van der Waals surface area contributed by atoms with Gasteiger partial charge in [-0.2, -0.15) is 5.10 Å². The van der Waals surface area contributed by atoms with Crippen molar-refractivity contribution < 1.29 is 17.6 Å². The molecule has 4 aromatic rings. The van der Waals surface area contributed by atoms with Gasteiger partial charge in [-0.15, -0.1) is 0 Å². The fraction of sp³-hybridized carbons (Fsp3) is 0.190. The molecule has 0 bridgehead atoms. The van der Waals surface area contributed by atoms with Gasteiger partial charge in [-0.05, 0) is 44.2 Å². The Bertz CT molecular complexity index is 1310. The zero-order valence-corrected chi connectivity index (χ0v) is 17.3. The first-order chi connectivity index (χ1) is 14.3. The van der Waals surface area contributed by atoms with E-state index in [1.807, 2.05) is 13.8 Å². The quantitative estimate of drug-likeness (QED) is 0.504. The maximum atomic E-state index is 12.5. The Hall–Kier alpha value is -3.46. The molecule has 0 unspecified atom stereocenters. The van der Waals surface area contributed by atoms with Gasteiger partial charge in [-0.3, -0.25) is 4.79 Å².